The van der Waals surface area contributed by atoms with E-state index in [4.69, 9.17) is 20.4 Å². The zero-order chi connectivity index (χ0) is 15.1. The molecule has 0 radical (unpaired) electrons. The van der Waals surface area contributed by atoms with Crippen molar-refractivity contribution in [3.8, 4) is 5.75 Å². The van der Waals surface area contributed by atoms with Gasteiger partial charge in [0, 0.05) is 19.7 Å². The van der Waals surface area contributed by atoms with E-state index in [2.05, 4.69) is 10.5 Å². The predicted molar refractivity (Wildman–Crippen MR) is 80.8 cm³/mol. The number of hydrogen-bond acceptors (Lipinski definition) is 5. The van der Waals surface area contributed by atoms with Crippen LogP contribution in [0.3, 0.4) is 0 Å². The Morgan fingerprint density at radius 3 is 3.05 bits per heavy atom. The fourth-order valence-corrected chi connectivity index (χ4v) is 2.47. The second-order valence-electron chi connectivity index (χ2n) is 5.14. The van der Waals surface area contributed by atoms with Gasteiger partial charge in [0.05, 0.1) is 18.8 Å². The van der Waals surface area contributed by atoms with E-state index in [0.717, 1.165) is 31.6 Å². The molecule has 0 aromatic heterocycles. The molecule has 6 heteroatoms. The summed E-state index contributed by atoms with van der Waals surface area (Å²) in [5, 5.41) is 15.2. The molecule has 1 aliphatic rings. The Morgan fingerprint density at radius 2 is 2.38 bits per heavy atom. The summed E-state index contributed by atoms with van der Waals surface area (Å²) in [4.78, 5) is 0. The first-order chi connectivity index (χ1) is 10.2. The van der Waals surface area contributed by atoms with Gasteiger partial charge in [-0.25, -0.2) is 0 Å². The van der Waals surface area contributed by atoms with E-state index in [-0.39, 0.29) is 5.84 Å². The minimum absolute atomic E-state index is 0.0457. The van der Waals surface area contributed by atoms with Gasteiger partial charge in [-0.1, -0.05) is 11.2 Å². The Morgan fingerprint density at radius 1 is 1.52 bits per heavy atom. The molecule has 0 saturated carbocycles. The average molecular weight is 293 g/mol. The monoisotopic (exact) mass is 293 g/mol. The van der Waals surface area contributed by atoms with Gasteiger partial charge in [0.1, 0.15) is 5.75 Å². The maximum absolute atomic E-state index is 8.82. The van der Waals surface area contributed by atoms with Crippen LogP contribution >= 0.6 is 0 Å². The van der Waals surface area contributed by atoms with E-state index in [9.17, 15) is 0 Å². The highest BCUT2D eigenvalue weighted by atomic mass is 16.5. The number of benzene rings is 1. The number of nitrogens with two attached hydrogens (primary N) is 1. The largest absolute Gasteiger partial charge is 0.496 e. The van der Waals surface area contributed by atoms with E-state index in [1.807, 2.05) is 18.2 Å². The molecule has 21 heavy (non-hydrogen) atoms. The topological polar surface area (TPSA) is 89.1 Å². The third-order valence-corrected chi connectivity index (χ3v) is 3.62. The summed E-state index contributed by atoms with van der Waals surface area (Å²) in [7, 11) is 1.56. The van der Waals surface area contributed by atoms with Crippen molar-refractivity contribution in [2.75, 3.05) is 20.3 Å². The highest BCUT2D eigenvalue weighted by Gasteiger charge is 2.13. The molecule has 0 bridgehead atoms. The summed E-state index contributed by atoms with van der Waals surface area (Å²) in [6, 6.07) is 5.64. The van der Waals surface area contributed by atoms with Crippen molar-refractivity contribution in [1.82, 2.24) is 5.32 Å². The first-order valence-corrected chi connectivity index (χ1v) is 7.21. The van der Waals surface area contributed by atoms with Crippen molar-refractivity contribution in [2.45, 2.75) is 31.9 Å². The summed E-state index contributed by atoms with van der Waals surface area (Å²) in [6.07, 6.45) is 3.83. The lowest BCUT2D eigenvalue weighted by molar-refractivity contribution is 0.0168. The third-order valence-electron chi connectivity index (χ3n) is 3.62. The van der Waals surface area contributed by atoms with Crippen LogP contribution in [0.1, 0.15) is 30.4 Å². The molecule has 1 atom stereocenters. The van der Waals surface area contributed by atoms with Crippen LogP contribution in [0.2, 0.25) is 0 Å². The lowest BCUT2D eigenvalue weighted by atomic mass is 10.1. The molecule has 1 aromatic rings. The van der Waals surface area contributed by atoms with Gasteiger partial charge in [-0.05, 0) is 37.0 Å². The minimum atomic E-state index is 0.0457. The third kappa shape index (κ3) is 4.34. The van der Waals surface area contributed by atoms with Gasteiger partial charge in [-0.3, -0.25) is 0 Å². The lowest BCUT2D eigenvalue weighted by Gasteiger charge is -2.22. The molecule has 1 unspecified atom stereocenters. The summed E-state index contributed by atoms with van der Waals surface area (Å²) in [6.45, 7) is 2.41. The second kappa shape index (κ2) is 7.85. The fraction of sp³-hybridized carbons (Fsp3) is 0.533. The van der Waals surface area contributed by atoms with Crippen molar-refractivity contribution in [3.05, 3.63) is 29.3 Å². The summed E-state index contributed by atoms with van der Waals surface area (Å²) in [5.74, 6) is 0.633. The van der Waals surface area contributed by atoms with Gasteiger partial charge in [0.25, 0.3) is 0 Å². The molecule has 4 N–H and O–H groups in total. The maximum Gasteiger partial charge on any atom is 0.173 e. The molecule has 1 heterocycles. The normalized spacial score (nSPS) is 19.5. The molecular weight excluding hydrogens is 270 g/mol. The Labute approximate surface area is 124 Å². The van der Waals surface area contributed by atoms with Crippen LogP contribution in [0.4, 0.5) is 0 Å². The van der Waals surface area contributed by atoms with Gasteiger partial charge in [0.15, 0.2) is 5.84 Å². The smallest absolute Gasteiger partial charge is 0.173 e. The van der Waals surface area contributed by atoms with E-state index in [0.29, 0.717) is 24.0 Å². The van der Waals surface area contributed by atoms with Gasteiger partial charge in [0.2, 0.25) is 0 Å². The van der Waals surface area contributed by atoms with Crippen LogP contribution in [0, 0.1) is 0 Å². The van der Waals surface area contributed by atoms with Crippen molar-refractivity contribution >= 4 is 5.84 Å². The van der Waals surface area contributed by atoms with Crippen LogP contribution in [0.5, 0.6) is 5.75 Å². The number of amidine groups is 1. The molecule has 1 saturated heterocycles. The zero-order valence-electron chi connectivity index (χ0n) is 12.3. The first kappa shape index (κ1) is 15.6. The number of methoxy groups -OCH3 is 1. The van der Waals surface area contributed by atoms with E-state index >= 15 is 0 Å². The highest BCUT2D eigenvalue weighted by Crippen LogP contribution is 2.20. The van der Waals surface area contributed by atoms with Gasteiger partial charge in [-0.2, -0.15) is 0 Å². The average Bonchev–Trinajstić information content (AvgIpc) is 2.55. The summed E-state index contributed by atoms with van der Waals surface area (Å²) < 4.78 is 10.9. The molecule has 2 rings (SSSR count). The maximum atomic E-state index is 8.82. The molecule has 6 nitrogen and oxygen atoms in total. The molecule has 116 valence electrons. The van der Waals surface area contributed by atoms with Gasteiger partial charge < -0.3 is 25.7 Å². The van der Waals surface area contributed by atoms with Gasteiger partial charge in [-0.15, -0.1) is 0 Å². The fourth-order valence-electron chi connectivity index (χ4n) is 2.47. The molecular formula is C15H23N3O3. The SMILES string of the molecule is COc1ccc(CNCC2CCCCO2)cc1C(N)=NO. The predicted octanol–water partition coefficient (Wildman–Crippen LogP) is 1.45. The first-order valence-electron chi connectivity index (χ1n) is 7.21. The molecule has 1 aromatic carbocycles. The molecule has 0 spiro atoms. The molecule has 1 fully saturated rings. The number of ether oxygens (including phenoxy) is 2. The van der Waals surface area contributed by atoms with Gasteiger partial charge >= 0.3 is 0 Å². The summed E-state index contributed by atoms with van der Waals surface area (Å²) in [5.41, 5.74) is 7.30. The molecule has 0 aliphatic carbocycles. The Balaban J connectivity index is 1.93. The van der Waals surface area contributed by atoms with Crippen molar-refractivity contribution < 1.29 is 14.7 Å². The number of nitrogens with zero attached hydrogens (tertiary/aromatic N) is 1. The van der Waals surface area contributed by atoms with Crippen LogP contribution in [-0.2, 0) is 11.3 Å². The highest BCUT2D eigenvalue weighted by molar-refractivity contribution is 5.99. The molecule has 0 amide bonds. The van der Waals surface area contributed by atoms with Crippen molar-refractivity contribution in [3.63, 3.8) is 0 Å². The number of rotatable bonds is 6. The lowest BCUT2D eigenvalue weighted by Crippen LogP contribution is -2.31. The van der Waals surface area contributed by atoms with Crippen LogP contribution in [0.15, 0.2) is 23.4 Å². The van der Waals surface area contributed by atoms with E-state index < -0.39 is 0 Å². The Bertz CT molecular complexity index is 485. The number of oxime groups is 1. The van der Waals surface area contributed by atoms with Crippen molar-refractivity contribution in [1.29, 1.82) is 0 Å². The zero-order valence-corrected chi connectivity index (χ0v) is 12.3. The van der Waals surface area contributed by atoms with Crippen LogP contribution < -0.4 is 15.8 Å². The second-order valence-corrected chi connectivity index (χ2v) is 5.14. The number of nitrogens with one attached hydrogen (secondary N) is 1. The van der Waals surface area contributed by atoms with Crippen LogP contribution in [-0.4, -0.2) is 37.4 Å². The van der Waals surface area contributed by atoms with Crippen molar-refractivity contribution in [2.24, 2.45) is 10.9 Å². The van der Waals surface area contributed by atoms with E-state index in [1.54, 1.807) is 7.11 Å². The summed E-state index contributed by atoms with van der Waals surface area (Å²) >= 11 is 0. The Kier molecular flexibility index (Phi) is 5.83. The van der Waals surface area contributed by atoms with Crippen LogP contribution in [0.25, 0.3) is 0 Å². The quantitative estimate of drug-likeness (QED) is 0.320. The minimum Gasteiger partial charge on any atom is -0.496 e. The standard InChI is InChI=1S/C15H23N3O3/c1-20-14-6-5-11(8-13(14)15(16)18-19)9-17-10-12-4-2-3-7-21-12/h5-6,8,12,17,19H,2-4,7,9-10H2,1H3,(H2,16,18). The number of hydrogen-bond donors (Lipinski definition) is 3. The molecule has 1 aliphatic heterocycles. The van der Waals surface area contributed by atoms with E-state index in [1.165, 1.54) is 6.42 Å². The Hall–Kier alpha value is -1.79.